The molecule has 4 nitrogen and oxygen atoms in total. The highest BCUT2D eigenvalue weighted by atomic mass is 16.2. The highest BCUT2D eigenvalue weighted by Crippen LogP contribution is 2.26. The Balaban J connectivity index is 1.49. The second-order valence-corrected chi connectivity index (χ2v) is 8.24. The number of piperidine rings is 1. The smallest absolute Gasteiger partial charge is 0.254 e. The van der Waals surface area contributed by atoms with E-state index in [1.165, 1.54) is 0 Å². The van der Waals surface area contributed by atoms with E-state index in [-0.39, 0.29) is 11.3 Å². The van der Waals surface area contributed by atoms with E-state index in [2.05, 4.69) is 4.90 Å². The Morgan fingerprint density at radius 3 is 2.46 bits per heavy atom. The normalized spacial score (nSPS) is 19.6. The van der Waals surface area contributed by atoms with Gasteiger partial charge in [-0.25, -0.2) is 0 Å². The van der Waals surface area contributed by atoms with Crippen molar-refractivity contribution in [1.29, 1.82) is 0 Å². The number of hydrogen-bond donors (Lipinski definition) is 0. The molecule has 4 heteroatoms. The van der Waals surface area contributed by atoms with E-state index in [4.69, 9.17) is 0 Å². The molecule has 0 radical (unpaired) electrons. The summed E-state index contributed by atoms with van der Waals surface area (Å²) in [5.74, 6) is 1.03. The van der Waals surface area contributed by atoms with E-state index in [1.807, 2.05) is 49.9 Å². The van der Waals surface area contributed by atoms with Gasteiger partial charge in [0, 0.05) is 24.1 Å². The molecule has 130 valence electrons. The van der Waals surface area contributed by atoms with Crippen LogP contribution >= 0.6 is 0 Å². The third kappa shape index (κ3) is 3.69. The van der Waals surface area contributed by atoms with Gasteiger partial charge in [0.1, 0.15) is 0 Å². The fourth-order valence-corrected chi connectivity index (χ4v) is 3.54. The summed E-state index contributed by atoms with van der Waals surface area (Å²) in [6.07, 6.45) is 2.13. The fraction of sp³-hybridized carbons (Fsp3) is 0.600. The maximum absolute atomic E-state index is 12.5. The molecule has 2 aliphatic heterocycles. The summed E-state index contributed by atoms with van der Waals surface area (Å²) in [6.45, 7) is 10.0. The van der Waals surface area contributed by atoms with E-state index >= 15 is 0 Å². The molecule has 1 saturated heterocycles. The Labute approximate surface area is 144 Å². The highest BCUT2D eigenvalue weighted by Gasteiger charge is 2.31. The second kappa shape index (κ2) is 6.67. The van der Waals surface area contributed by atoms with E-state index < -0.39 is 0 Å². The first-order valence-corrected chi connectivity index (χ1v) is 8.97. The van der Waals surface area contributed by atoms with Crippen molar-refractivity contribution in [2.75, 3.05) is 26.2 Å². The molecule has 0 saturated carbocycles. The lowest BCUT2D eigenvalue weighted by molar-refractivity contribution is -0.127. The third-order valence-electron chi connectivity index (χ3n) is 5.29. The van der Waals surface area contributed by atoms with Crippen molar-refractivity contribution >= 4 is 11.7 Å². The number of hydrogen-bond acceptors (Lipinski definition) is 3. The molecule has 0 atom stereocenters. The van der Waals surface area contributed by atoms with Gasteiger partial charge >= 0.3 is 0 Å². The first-order chi connectivity index (χ1) is 11.3. The van der Waals surface area contributed by atoms with Crippen LogP contribution in [0.25, 0.3) is 0 Å². The molecule has 0 aromatic heterocycles. The van der Waals surface area contributed by atoms with Crippen LogP contribution in [0, 0.1) is 11.3 Å². The molecular formula is C20H28N2O2. The monoisotopic (exact) mass is 328 g/mol. The van der Waals surface area contributed by atoms with Gasteiger partial charge in [0.2, 0.25) is 0 Å². The summed E-state index contributed by atoms with van der Waals surface area (Å²) < 4.78 is 0. The van der Waals surface area contributed by atoms with Crippen LogP contribution in [0.3, 0.4) is 0 Å². The van der Waals surface area contributed by atoms with Gasteiger partial charge in [0.25, 0.3) is 5.91 Å². The van der Waals surface area contributed by atoms with Crippen molar-refractivity contribution in [2.45, 2.75) is 40.2 Å². The Hall–Kier alpha value is -1.68. The number of carbonyl (C=O) groups excluding carboxylic acids is 2. The topological polar surface area (TPSA) is 40.6 Å². The zero-order valence-corrected chi connectivity index (χ0v) is 15.0. The number of benzene rings is 1. The summed E-state index contributed by atoms with van der Waals surface area (Å²) >= 11 is 0. The molecule has 2 aliphatic rings. The maximum atomic E-state index is 12.5. The predicted octanol–water partition coefficient (Wildman–Crippen LogP) is 2.97. The average molecular weight is 328 g/mol. The molecule has 0 N–H and O–H groups in total. The summed E-state index contributed by atoms with van der Waals surface area (Å²) in [7, 11) is 0. The fourth-order valence-electron chi connectivity index (χ4n) is 3.54. The highest BCUT2D eigenvalue weighted by molar-refractivity contribution is 5.98. The lowest BCUT2D eigenvalue weighted by atomic mass is 9.89. The molecule has 0 aliphatic carbocycles. The molecule has 24 heavy (non-hydrogen) atoms. The largest absolute Gasteiger partial charge is 0.334 e. The number of nitrogens with zero attached hydrogens (tertiary/aromatic N) is 2. The van der Waals surface area contributed by atoms with Gasteiger partial charge in [0.15, 0.2) is 5.78 Å². The lowest BCUT2D eigenvalue weighted by Crippen LogP contribution is -2.42. The first kappa shape index (κ1) is 17.2. The van der Waals surface area contributed by atoms with Crippen molar-refractivity contribution in [3.63, 3.8) is 0 Å². The lowest BCUT2D eigenvalue weighted by Gasteiger charge is -2.34. The van der Waals surface area contributed by atoms with Gasteiger partial charge in [-0.15, -0.1) is 0 Å². The number of fused-ring (bicyclic) bond motifs is 1. The first-order valence-electron chi connectivity index (χ1n) is 8.97. The van der Waals surface area contributed by atoms with Crippen LogP contribution in [0.5, 0.6) is 0 Å². The Morgan fingerprint density at radius 1 is 1.17 bits per heavy atom. The van der Waals surface area contributed by atoms with Gasteiger partial charge in [-0.2, -0.15) is 0 Å². The number of amides is 1. The van der Waals surface area contributed by atoms with Crippen LogP contribution in [0.1, 0.15) is 49.5 Å². The molecule has 3 rings (SSSR count). The van der Waals surface area contributed by atoms with Crippen molar-refractivity contribution < 1.29 is 9.59 Å². The molecule has 1 aromatic carbocycles. The Bertz CT molecular complexity index is 625. The SMILES string of the molecule is CC(C)(C)C(=O)CN1CCC(CN2Cc3ccccc3C2=O)CC1. The van der Waals surface area contributed by atoms with E-state index in [0.29, 0.717) is 18.2 Å². The standard InChI is InChI=1S/C20H28N2O2/c1-20(2,3)18(23)14-21-10-8-15(9-11-21)12-22-13-16-6-4-5-7-17(16)19(22)24/h4-7,15H,8-14H2,1-3H3. The zero-order valence-electron chi connectivity index (χ0n) is 15.0. The molecular weight excluding hydrogens is 300 g/mol. The molecule has 1 aromatic rings. The van der Waals surface area contributed by atoms with Gasteiger partial charge < -0.3 is 4.90 Å². The van der Waals surface area contributed by atoms with Crippen LogP contribution < -0.4 is 0 Å². The minimum absolute atomic E-state index is 0.177. The second-order valence-electron chi connectivity index (χ2n) is 8.24. The van der Waals surface area contributed by atoms with Gasteiger partial charge in [-0.1, -0.05) is 39.0 Å². The van der Waals surface area contributed by atoms with Gasteiger partial charge in [-0.3, -0.25) is 14.5 Å². The molecule has 0 unspecified atom stereocenters. The van der Waals surface area contributed by atoms with Crippen LogP contribution in [-0.4, -0.2) is 47.7 Å². The average Bonchev–Trinajstić information content (AvgIpc) is 2.85. The van der Waals surface area contributed by atoms with Crippen LogP contribution in [-0.2, 0) is 11.3 Å². The number of carbonyl (C=O) groups is 2. The quantitative estimate of drug-likeness (QED) is 0.853. The zero-order chi connectivity index (χ0) is 17.3. The summed E-state index contributed by atoms with van der Waals surface area (Å²) in [5.41, 5.74) is 1.76. The minimum Gasteiger partial charge on any atom is -0.334 e. The van der Waals surface area contributed by atoms with Crippen molar-refractivity contribution in [2.24, 2.45) is 11.3 Å². The van der Waals surface area contributed by atoms with E-state index in [9.17, 15) is 9.59 Å². The summed E-state index contributed by atoms with van der Waals surface area (Å²) in [6, 6.07) is 7.91. The number of likely N-dealkylation sites (tertiary alicyclic amines) is 1. The molecule has 2 heterocycles. The summed E-state index contributed by atoms with van der Waals surface area (Å²) in [4.78, 5) is 28.9. The van der Waals surface area contributed by atoms with Gasteiger partial charge in [0.05, 0.1) is 6.54 Å². The third-order valence-corrected chi connectivity index (χ3v) is 5.29. The van der Waals surface area contributed by atoms with E-state index in [1.54, 1.807) is 0 Å². The van der Waals surface area contributed by atoms with Crippen LogP contribution in [0.2, 0.25) is 0 Å². The summed E-state index contributed by atoms with van der Waals surface area (Å²) in [5, 5.41) is 0. The molecule has 1 fully saturated rings. The number of rotatable bonds is 4. The van der Waals surface area contributed by atoms with Crippen LogP contribution in [0.4, 0.5) is 0 Å². The Morgan fingerprint density at radius 2 is 1.83 bits per heavy atom. The minimum atomic E-state index is -0.259. The number of ketones is 1. The Kier molecular flexibility index (Phi) is 4.77. The molecule has 1 amide bonds. The van der Waals surface area contributed by atoms with Crippen molar-refractivity contribution in [1.82, 2.24) is 9.80 Å². The predicted molar refractivity (Wildman–Crippen MR) is 94.8 cm³/mol. The molecule has 0 spiro atoms. The van der Waals surface area contributed by atoms with Gasteiger partial charge in [-0.05, 0) is 43.5 Å². The molecule has 0 bridgehead atoms. The van der Waals surface area contributed by atoms with Crippen LogP contribution in [0.15, 0.2) is 24.3 Å². The van der Waals surface area contributed by atoms with Crippen molar-refractivity contribution in [3.05, 3.63) is 35.4 Å². The maximum Gasteiger partial charge on any atom is 0.254 e. The van der Waals surface area contributed by atoms with E-state index in [0.717, 1.165) is 50.1 Å². The number of Topliss-reactive ketones (excluding diaryl/α,β-unsaturated/α-hetero) is 1. The van der Waals surface area contributed by atoms with Crippen molar-refractivity contribution in [3.8, 4) is 0 Å².